The van der Waals surface area contributed by atoms with E-state index in [0.717, 1.165) is 6.07 Å². The van der Waals surface area contributed by atoms with E-state index in [1.54, 1.807) is 13.8 Å². The zero-order valence-corrected chi connectivity index (χ0v) is 9.69. The Labute approximate surface area is 93.6 Å². The second kappa shape index (κ2) is 4.38. The van der Waals surface area contributed by atoms with Gasteiger partial charge in [-0.25, -0.2) is 4.98 Å². The summed E-state index contributed by atoms with van der Waals surface area (Å²) in [4.78, 5) is 3.60. The maximum atomic E-state index is 12.5. The lowest BCUT2D eigenvalue weighted by Gasteiger charge is -2.14. The molecule has 0 atom stereocenters. The van der Waals surface area contributed by atoms with Crippen LogP contribution < -0.4 is 4.74 Å². The molecule has 0 unspecified atom stereocenters. The lowest BCUT2D eigenvalue weighted by atomic mass is 10.2. The van der Waals surface area contributed by atoms with Crippen molar-refractivity contribution in [3.8, 4) is 5.88 Å². The van der Waals surface area contributed by atoms with Gasteiger partial charge in [0.25, 0.3) is 0 Å². The van der Waals surface area contributed by atoms with Crippen molar-refractivity contribution in [2.45, 2.75) is 26.1 Å². The average molecular weight is 284 g/mol. The van der Waals surface area contributed by atoms with Gasteiger partial charge in [0.2, 0.25) is 5.88 Å². The van der Waals surface area contributed by atoms with Gasteiger partial charge in [0, 0.05) is 10.7 Å². The number of nitrogens with zero attached hydrogens (tertiary/aromatic N) is 1. The summed E-state index contributed by atoms with van der Waals surface area (Å²) in [6.07, 6.45) is -3.53. The molecule has 1 aromatic rings. The monoisotopic (exact) mass is 283 g/mol. The van der Waals surface area contributed by atoms with Crippen LogP contribution in [0.1, 0.15) is 19.4 Å². The van der Waals surface area contributed by atoms with Crippen LogP contribution in [0, 0.1) is 0 Å². The van der Waals surface area contributed by atoms with Crippen LogP contribution >= 0.6 is 15.9 Å². The second-order valence-corrected chi connectivity index (χ2v) is 4.09. The predicted molar refractivity (Wildman–Crippen MR) is 52.7 cm³/mol. The minimum absolute atomic E-state index is 0.269. The highest BCUT2D eigenvalue weighted by Gasteiger charge is 2.35. The van der Waals surface area contributed by atoms with Gasteiger partial charge in [0.05, 0.1) is 6.10 Å². The second-order valence-electron chi connectivity index (χ2n) is 3.17. The molecule has 0 fully saturated rings. The van der Waals surface area contributed by atoms with Crippen molar-refractivity contribution in [2.75, 3.05) is 0 Å². The molecule has 0 bridgehead atoms. The number of pyridine rings is 1. The Morgan fingerprint density at radius 3 is 2.47 bits per heavy atom. The van der Waals surface area contributed by atoms with Gasteiger partial charge in [-0.3, -0.25) is 0 Å². The summed E-state index contributed by atoms with van der Waals surface area (Å²) in [6.45, 7) is 3.29. The summed E-state index contributed by atoms with van der Waals surface area (Å²) in [5, 5.41) is 0. The van der Waals surface area contributed by atoms with Gasteiger partial charge < -0.3 is 4.74 Å². The van der Waals surface area contributed by atoms with E-state index in [1.165, 1.54) is 6.20 Å². The van der Waals surface area contributed by atoms with Crippen molar-refractivity contribution in [2.24, 2.45) is 0 Å². The Bertz CT molecular complexity index is 352. The molecule has 0 radical (unpaired) electrons. The molecule has 0 aliphatic carbocycles. The third-order valence-corrected chi connectivity index (χ3v) is 1.90. The third kappa shape index (κ3) is 3.37. The fourth-order valence-electron chi connectivity index (χ4n) is 0.947. The molecule has 0 spiro atoms. The van der Waals surface area contributed by atoms with Crippen LogP contribution in [0.2, 0.25) is 0 Å². The summed E-state index contributed by atoms with van der Waals surface area (Å²) in [6, 6.07) is 0.949. The topological polar surface area (TPSA) is 22.1 Å². The van der Waals surface area contributed by atoms with E-state index >= 15 is 0 Å². The largest absolute Gasteiger partial charge is 0.475 e. The van der Waals surface area contributed by atoms with Crippen LogP contribution in [0.3, 0.4) is 0 Å². The molecular weight excluding hydrogens is 275 g/mol. The van der Waals surface area contributed by atoms with E-state index in [-0.39, 0.29) is 16.5 Å². The van der Waals surface area contributed by atoms with Crippen molar-refractivity contribution in [1.29, 1.82) is 0 Å². The predicted octanol–water partition coefficient (Wildman–Crippen LogP) is 3.65. The van der Waals surface area contributed by atoms with Crippen LogP contribution in [0.4, 0.5) is 13.2 Å². The molecule has 0 aliphatic heterocycles. The van der Waals surface area contributed by atoms with Crippen LogP contribution in [-0.2, 0) is 6.18 Å². The van der Waals surface area contributed by atoms with Gasteiger partial charge in [-0.05, 0) is 35.8 Å². The third-order valence-electron chi connectivity index (χ3n) is 1.47. The number of aromatic nitrogens is 1. The molecule has 1 heterocycles. The highest BCUT2D eigenvalue weighted by molar-refractivity contribution is 9.10. The van der Waals surface area contributed by atoms with Crippen molar-refractivity contribution < 1.29 is 17.9 Å². The normalized spacial score (nSPS) is 11.9. The van der Waals surface area contributed by atoms with E-state index in [0.29, 0.717) is 0 Å². The fraction of sp³-hybridized carbons (Fsp3) is 0.444. The Balaban J connectivity index is 3.15. The van der Waals surface area contributed by atoms with Crippen LogP contribution in [0.25, 0.3) is 0 Å². The van der Waals surface area contributed by atoms with Crippen molar-refractivity contribution in [3.05, 3.63) is 22.3 Å². The SMILES string of the molecule is CC(C)Oc1ncc(Br)cc1C(F)(F)F. The van der Waals surface area contributed by atoms with E-state index in [9.17, 15) is 13.2 Å². The number of alkyl halides is 3. The van der Waals surface area contributed by atoms with Crippen LogP contribution in [0.5, 0.6) is 5.88 Å². The van der Waals surface area contributed by atoms with Crippen LogP contribution in [0.15, 0.2) is 16.7 Å². The van der Waals surface area contributed by atoms with Crippen molar-refractivity contribution in [3.63, 3.8) is 0 Å². The maximum Gasteiger partial charge on any atom is 0.421 e. The quantitative estimate of drug-likeness (QED) is 0.827. The molecule has 15 heavy (non-hydrogen) atoms. The van der Waals surface area contributed by atoms with Gasteiger partial charge in [-0.15, -0.1) is 0 Å². The fourth-order valence-corrected chi connectivity index (χ4v) is 1.28. The molecule has 0 aliphatic rings. The van der Waals surface area contributed by atoms with E-state index in [2.05, 4.69) is 20.9 Å². The van der Waals surface area contributed by atoms with Gasteiger partial charge >= 0.3 is 6.18 Å². The summed E-state index contributed by atoms with van der Waals surface area (Å²) in [5.74, 6) is -0.388. The van der Waals surface area contributed by atoms with Crippen molar-refractivity contribution in [1.82, 2.24) is 4.98 Å². The first-order chi connectivity index (χ1) is 6.80. The Kier molecular flexibility index (Phi) is 3.59. The minimum atomic E-state index is -4.46. The first-order valence-electron chi connectivity index (χ1n) is 4.20. The number of hydrogen-bond acceptors (Lipinski definition) is 2. The van der Waals surface area contributed by atoms with Gasteiger partial charge in [0.1, 0.15) is 5.56 Å². The summed E-state index contributed by atoms with van der Waals surface area (Å²) in [5.41, 5.74) is -0.870. The molecule has 1 rings (SSSR count). The highest BCUT2D eigenvalue weighted by atomic mass is 79.9. The first-order valence-corrected chi connectivity index (χ1v) is 4.99. The van der Waals surface area contributed by atoms with Gasteiger partial charge in [-0.1, -0.05) is 0 Å². The number of halogens is 4. The number of ether oxygens (including phenoxy) is 1. The highest BCUT2D eigenvalue weighted by Crippen LogP contribution is 2.36. The standard InChI is InChI=1S/C9H9BrF3NO/c1-5(2)15-8-7(9(11,12)13)3-6(10)4-14-8/h3-5H,1-2H3. The molecule has 0 saturated carbocycles. The van der Waals surface area contributed by atoms with Crippen molar-refractivity contribution >= 4 is 15.9 Å². The molecular formula is C9H9BrF3NO. The zero-order valence-electron chi connectivity index (χ0n) is 8.10. The molecule has 6 heteroatoms. The molecule has 84 valence electrons. The van der Waals surface area contributed by atoms with Gasteiger partial charge in [0.15, 0.2) is 0 Å². The Hall–Kier alpha value is -0.780. The first kappa shape index (κ1) is 12.3. The summed E-state index contributed by atoms with van der Waals surface area (Å²) < 4.78 is 42.9. The van der Waals surface area contributed by atoms with E-state index in [4.69, 9.17) is 4.74 Å². The van der Waals surface area contributed by atoms with E-state index < -0.39 is 11.7 Å². The molecule has 0 aromatic carbocycles. The van der Waals surface area contributed by atoms with Crippen LogP contribution in [-0.4, -0.2) is 11.1 Å². The molecule has 1 aromatic heterocycles. The molecule has 0 N–H and O–H groups in total. The lowest BCUT2D eigenvalue weighted by Crippen LogP contribution is -2.14. The Morgan fingerprint density at radius 2 is 2.00 bits per heavy atom. The average Bonchev–Trinajstić information content (AvgIpc) is 2.05. The lowest BCUT2D eigenvalue weighted by molar-refractivity contribution is -0.139. The minimum Gasteiger partial charge on any atom is -0.475 e. The van der Waals surface area contributed by atoms with E-state index in [1.807, 2.05) is 0 Å². The van der Waals surface area contributed by atoms with Gasteiger partial charge in [-0.2, -0.15) is 13.2 Å². The number of rotatable bonds is 2. The Morgan fingerprint density at radius 1 is 1.40 bits per heavy atom. The summed E-state index contributed by atoms with van der Waals surface area (Å²) in [7, 11) is 0. The smallest absolute Gasteiger partial charge is 0.421 e. The molecule has 0 saturated heterocycles. The number of hydrogen-bond donors (Lipinski definition) is 0. The summed E-state index contributed by atoms with van der Waals surface area (Å²) >= 11 is 2.94. The molecule has 2 nitrogen and oxygen atoms in total. The molecule has 0 amide bonds. The zero-order chi connectivity index (χ0) is 11.6. The maximum absolute atomic E-state index is 12.5.